The molecule has 17 heavy (non-hydrogen) atoms. The number of carbonyl (C=O) groups excluding carboxylic acids is 1. The minimum absolute atomic E-state index is 0.245. The number of hydrogen-bond acceptors (Lipinski definition) is 4. The number of azide groups is 1. The summed E-state index contributed by atoms with van der Waals surface area (Å²) in [7, 11) is 3.03. The Labute approximate surface area is 98.0 Å². The first kappa shape index (κ1) is 12.7. The van der Waals surface area contributed by atoms with Gasteiger partial charge in [-0.3, -0.25) is 4.79 Å². The second-order valence-corrected chi connectivity index (χ2v) is 3.01. The lowest BCUT2D eigenvalue weighted by molar-refractivity contribution is -0.114. The first-order chi connectivity index (χ1) is 8.21. The maximum Gasteiger partial charge on any atom is 0.230 e. The number of benzene rings is 1. The van der Waals surface area contributed by atoms with Crippen LogP contribution in [-0.4, -0.2) is 26.7 Å². The topological polar surface area (TPSA) is 96.3 Å². The average Bonchev–Trinajstić information content (AvgIpc) is 2.36. The predicted octanol–water partition coefficient (Wildman–Crippen LogP) is 1.95. The number of anilines is 1. The van der Waals surface area contributed by atoms with E-state index in [1.165, 1.54) is 14.2 Å². The summed E-state index contributed by atoms with van der Waals surface area (Å²) in [4.78, 5) is 13.8. The van der Waals surface area contributed by atoms with Crippen LogP contribution in [0.1, 0.15) is 0 Å². The Morgan fingerprint density at radius 2 is 2.12 bits per heavy atom. The van der Waals surface area contributed by atoms with Gasteiger partial charge in [-0.25, -0.2) is 0 Å². The first-order valence-corrected chi connectivity index (χ1v) is 4.74. The van der Waals surface area contributed by atoms with Gasteiger partial charge in [0.25, 0.3) is 0 Å². The Morgan fingerprint density at radius 1 is 1.41 bits per heavy atom. The van der Waals surface area contributed by atoms with E-state index in [4.69, 9.17) is 15.0 Å². The highest BCUT2D eigenvalue weighted by molar-refractivity contribution is 5.92. The van der Waals surface area contributed by atoms with Gasteiger partial charge in [-0.05, 0) is 17.7 Å². The molecule has 0 saturated carbocycles. The van der Waals surface area contributed by atoms with Crippen molar-refractivity contribution >= 4 is 11.6 Å². The molecule has 1 N–H and O–H groups in total. The Bertz CT molecular complexity index is 455. The van der Waals surface area contributed by atoms with E-state index in [0.717, 1.165) is 0 Å². The minimum Gasteiger partial charge on any atom is -0.493 e. The maximum absolute atomic E-state index is 11.3. The second kappa shape index (κ2) is 6.24. The van der Waals surface area contributed by atoms with Gasteiger partial charge >= 0.3 is 0 Å². The van der Waals surface area contributed by atoms with Crippen LogP contribution in [0, 0.1) is 0 Å². The predicted molar refractivity (Wildman–Crippen MR) is 62.2 cm³/mol. The van der Waals surface area contributed by atoms with E-state index in [1.807, 2.05) is 0 Å². The van der Waals surface area contributed by atoms with Crippen LogP contribution in [0.4, 0.5) is 5.69 Å². The first-order valence-electron chi connectivity index (χ1n) is 4.74. The summed E-state index contributed by atoms with van der Waals surface area (Å²) in [5.74, 6) is 0.685. The molecule has 1 amide bonds. The summed E-state index contributed by atoms with van der Waals surface area (Å²) >= 11 is 0. The average molecular weight is 236 g/mol. The fourth-order valence-corrected chi connectivity index (χ4v) is 1.21. The van der Waals surface area contributed by atoms with Crippen molar-refractivity contribution in [2.45, 2.75) is 0 Å². The number of rotatable bonds is 5. The van der Waals surface area contributed by atoms with E-state index in [0.29, 0.717) is 17.2 Å². The summed E-state index contributed by atoms with van der Waals surface area (Å²) in [5.41, 5.74) is 8.62. The third kappa shape index (κ3) is 3.58. The summed E-state index contributed by atoms with van der Waals surface area (Å²) in [6, 6.07) is 4.95. The Morgan fingerprint density at radius 3 is 2.71 bits per heavy atom. The molecule has 1 aromatic rings. The smallest absolute Gasteiger partial charge is 0.230 e. The van der Waals surface area contributed by atoms with Gasteiger partial charge in [0.1, 0.15) is 6.54 Å². The van der Waals surface area contributed by atoms with Gasteiger partial charge in [-0.1, -0.05) is 5.11 Å². The number of hydrogen-bond donors (Lipinski definition) is 1. The van der Waals surface area contributed by atoms with E-state index in [9.17, 15) is 4.79 Å². The van der Waals surface area contributed by atoms with E-state index in [2.05, 4.69) is 15.3 Å². The molecule has 0 heterocycles. The highest BCUT2D eigenvalue weighted by Gasteiger charge is 2.06. The summed E-state index contributed by atoms with van der Waals surface area (Å²) < 4.78 is 10.1. The summed E-state index contributed by atoms with van der Waals surface area (Å²) in [5, 5.41) is 5.72. The fraction of sp³-hybridized carbons (Fsp3) is 0.300. The van der Waals surface area contributed by atoms with E-state index < -0.39 is 5.91 Å². The molecule has 0 saturated heterocycles. The minimum atomic E-state index is -0.394. The van der Waals surface area contributed by atoms with Crippen molar-refractivity contribution in [3.05, 3.63) is 28.6 Å². The molecule has 0 atom stereocenters. The van der Waals surface area contributed by atoms with Gasteiger partial charge in [0.15, 0.2) is 11.5 Å². The molecule has 0 aromatic heterocycles. The normalized spacial score (nSPS) is 9.06. The van der Waals surface area contributed by atoms with Crippen LogP contribution in [-0.2, 0) is 4.79 Å². The van der Waals surface area contributed by atoms with Crippen molar-refractivity contribution in [1.29, 1.82) is 0 Å². The molecule has 0 aliphatic carbocycles. The SMILES string of the molecule is COc1ccc(NC(=O)CN=[N+]=[N-])cc1OC. The van der Waals surface area contributed by atoms with E-state index in [1.54, 1.807) is 18.2 Å². The largest absolute Gasteiger partial charge is 0.493 e. The number of amides is 1. The quantitative estimate of drug-likeness (QED) is 0.480. The maximum atomic E-state index is 11.3. The molecular weight excluding hydrogens is 224 g/mol. The number of methoxy groups -OCH3 is 2. The van der Waals surface area contributed by atoms with Crippen LogP contribution < -0.4 is 14.8 Å². The van der Waals surface area contributed by atoms with Gasteiger partial charge < -0.3 is 14.8 Å². The van der Waals surface area contributed by atoms with Gasteiger partial charge in [-0.15, -0.1) is 0 Å². The third-order valence-corrected chi connectivity index (χ3v) is 1.94. The Balaban J connectivity index is 2.78. The van der Waals surface area contributed by atoms with Gasteiger partial charge in [0.2, 0.25) is 5.91 Å². The summed E-state index contributed by atoms with van der Waals surface area (Å²) in [6.07, 6.45) is 0. The molecule has 7 heteroatoms. The lowest BCUT2D eigenvalue weighted by Crippen LogP contribution is -2.14. The van der Waals surface area contributed by atoms with Gasteiger partial charge in [0, 0.05) is 16.7 Å². The zero-order valence-corrected chi connectivity index (χ0v) is 9.51. The van der Waals surface area contributed by atoms with Crippen molar-refractivity contribution in [1.82, 2.24) is 0 Å². The monoisotopic (exact) mass is 236 g/mol. The summed E-state index contributed by atoms with van der Waals surface area (Å²) in [6.45, 7) is -0.245. The van der Waals surface area contributed by atoms with Crippen LogP contribution in [0.25, 0.3) is 10.4 Å². The van der Waals surface area contributed by atoms with Crippen LogP contribution in [0.5, 0.6) is 11.5 Å². The highest BCUT2D eigenvalue weighted by atomic mass is 16.5. The standard InChI is InChI=1S/C10H12N4O3/c1-16-8-4-3-7(5-9(8)17-2)13-10(15)6-12-14-11/h3-5H,6H2,1-2H3,(H,13,15). The molecule has 0 bridgehead atoms. The Hall–Kier alpha value is -2.40. The van der Waals surface area contributed by atoms with Gasteiger partial charge in [0.05, 0.1) is 14.2 Å². The fourth-order valence-electron chi connectivity index (χ4n) is 1.21. The lowest BCUT2D eigenvalue weighted by atomic mass is 10.2. The molecular formula is C10H12N4O3. The van der Waals surface area contributed by atoms with E-state index in [-0.39, 0.29) is 6.54 Å². The molecule has 0 unspecified atom stereocenters. The molecule has 0 radical (unpaired) electrons. The van der Waals surface area contributed by atoms with Crippen LogP contribution in [0.2, 0.25) is 0 Å². The zero-order valence-electron chi connectivity index (χ0n) is 9.51. The molecule has 1 aromatic carbocycles. The van der Waals surface area contributed by atoms with Crippen molar-refractivity contribution in [2.24, 2.45) is 5.11 Å². The third-order valence-electron chi connectivity index (χ3n) is 1.94. The van der Waals surface area contributed by atoms with E-state index >= 15 is 0 Å². The van der Waals surface area contributed by atoms with Crippen LogP contribution in [0.3, 0.4) is 0 Å². The van der Waals surface area contributed by atoms with Crippen molar-refractivity contribution in [2.75, 3.05) is 26.1 Å². The molecule has 7 nitrogen and oxygen atoms in total. The highest BCUT2D eigenvalue weighted by Crippen LogP contribution is 2.29. The lowest BCUT2D eigenvalue weighted by Gasteiger charge is -2.09. The molecule has 90 valence electrons. The van der Waals surface area contributed by atoms with Crippen molar-refractivity contribution in [3.8, 4) is 11.5 Å². The number of nitrogens with zero attached hydrogens (tertiary/aromatic N) is 3. The number of carbonyl (C=O) groups is 1. The van der Waals surface area contributed by atoms with Crippen molar-refractivity contribution < 1.29 is 14.3 Å². The van der Waals surface area contributed by atoms with Crippen LogP contribution in [0.15, 0.2) is 23.3 Å². The molecule has 0 fully saturated rings. The van der Waals surface area contributed by atoms with Crippen molar-refractivity contribution in [3.63, 3.8) is 0 Å². The van der Waals surface area contributed by atoms with Gasteiger partial charge in [-0.2, -0.15) is 0 Å². The zero-order chi connectivity index (χ0) is 12.7. The second-order valence-electron chi connectivity index (χ2n) is 3.01. The molecule has 1 rings (SSSR count). The molecule has 0 spiro atoms. The molecule has 0 aliphatic heterocycles. The molecule has 0 aliphatic rings. The van der Waals surface area contributed by atoms with Crippen LogP contribution >= 0.6 is 0 Å². The Kier molecular flexibility index (Phi) is 4.65. The number of nitrogens with one attached hydrogen (secondary N) is 1. The number of ether oxygens (including phenoxy) is 2.